The molecule has 5 heteroatoms. The third-order valence-electron chi connectivity index (χ3n) is 3.65. The Bertz CT molecular complexity index is 637. The fourth-order valence-corrected chi connectivity index (χ4v) is 2.76. The summed E-state index contributed by atoms with van der Waals surface area (Å²) < 4.78 is 6.58. The average molecular weight is 379 g/mol. The Kier molecular flexibility index (Phi) is 6.42. The first kappa shape index (κ1) is 17.8. The highest BCUT2D eigenvalue weighted by Gasteiger charge is 2.14. The quantitative estimate of drug-likeness (QED) is 0.790. The molecule has 1 atom stereocenters. The Morgan fingerprint density at radius 1 is 1.26 bits per heavy atom. The molecule has 1 heterocycles. The third kappa shape index (κ3) is 5.52. The minimum atomic E-state index is 0.0190. The Morgan fingerprint density at radius 3 is 2.52 bits per heavy atom. The van der Waals surface area contributed by atoms with E-state index in [0.29, 0.717) is 13.1 Å². The van der Waals surface area contributed by atoms with Crippen LogP contribution >= 0.6 is 15.9 Å². The summed E-state index contributed by atoms with van der Waals surface area (Å²) in [5.74, 6) is 1.78. The van der Waals surface area contributed by atoms with Crippen LogP contribution in [0, 0.1) is 6.92 Å². The molecule has 0 aliphatic rings. The number of nitrogens with zero attached hydrogens (tertiary/aromatic N) is 1. The SMILES string of the molecule is CC[C@@H](NC(=O)CN(C)Cc1ccc(C)o1)c1ccc(Br)cc1. The average Bonchev–Trinajstić information content (AvgIpc) is 2.90. The Balaban J connectivity index is 1.88. The van der Waals surface area contributed by atoms with Crippen molar-refractivity contribution in [3.05, 3.63) is 58.0 Å². The van der Waals surface area contributed by atoms with Gasteiger partial charge >= 0.3 is 0 Å². The van der Waals surface area contributed by atoms with Gasteiger partial charge in [0.25, 0.3) is 0 Å². The van der Waals surface area contributed by atoms with Gasteiger partial charge in [0.05, 0.1) is 19.1 Å². The zero-order valence-electron chi connectivity index (χ0n) is 13.8. The van der Waals surface area contributed by atoms with Gasteiger partial charge in [0.1, 0.15) is 11.5 Å². The number of aryl methyl sites for hydroxylation is 1. The number of carbonyl (C=O) groups excluding carboxylic acids is 1. The van der Waals surface area contributed by atoms with Crippen LogP contribution in [0.25, 0.3) is 0 Å². The molecule has 4 nitrogen and oxygen atoms in total. The van der Waals surface area contributed by atoms with Gasteiger partial charge in [-0.1, -0.05) is 35.0 Å². The number of likely N-dealkylation sites (N-methyl/N-ethyl adjacent to an activating group) is 1. The fourth-order valence-electron chi connectivity index (χ4n) is 2.49. The van der Waals surface area contributed by atoms with Crippen molar-refractivity contribution in [2.75, 3.05) is 13.6 Å². The van der Waals surface area contributed by atoms with Gasteiger partial charge in [-0.05, 0) is 50.2 Å². The number of rotatable bonds is 7. The zero-order chi connectivity index (χ0) is 16.8. The highest BCUT2D eigenvalue weighted by atomic mass is 79.9. The number of halogens is 1. The van der Waals surface area contributed by atoms with E-state index in [1.807, 2.05) is 55.3 Å². The van der Waals surface area contributed by atoms with E-state index < -0.39 is 0 Å². The number of hydrogen-bond donors (Lipinski definition) is 1. The van der Waals surface area contributed by atoms with Crippen LogP contribution in [0.3, 0.4) is 0 Å². The van der Waals surface area contributed by atoms with Crippen LogP contribution < -0.4 is 5.32 Å². The maximum Gasteiger partial charge on any atom is 0.234 e. The van der Waals surface area contributed by atoms with E-state index in [-0.39, 0.29) is 11.9 Å². The van der Waals surface area contributed by atoms with Crippen molar-refractivity contribution in [1.82, 2.24) is 10.2 Å². The molecule has 0 spiro atoms. The van der Waals surface area contributed by atoms with E-state index in [4.69, 9.17) is 4.42 Å². The maximum absolute atomic E-state index is 12.3. The lowest BCUT2D eigenvalue weighted by Crippen LogP contribution is -2.36. The lowest BCUT2D eigenvalue weighted by Gasteiger charge is -2.20. The summed E-state index contributed by atoms with van der Waals surface area (Å²) in [4.78, 5) is 14.2. The summed E-state index contributed by atoms with van der Waals surface area (Å²) in [6.07, 6.45) is 0.856. The fraction of sp³-hybridized carbons (Fsp3) is 0.389. The first-order valence-electron chi connectivity index (χ1n) is 7.76. The number of benzene rings is 1. The van der Waals surface area contributed by atoms with Crippen LogP contribution in [0.1, 0.15) is 36.5 Å². The van der Waals surface area contributed by atoms with Crippen molar-refractivity contribution < 1.29 is 9.21 Å². The molecule has 0 aliphatic heterocycles. The van der Waals surface area contributed by atoms with Crippen LogP contribution in [-0.2, 0) is 11.3 Å². The lowest BCUT2D eigenvalue weighted by atomic mass is 10.0. The lowest BCUT2D eigenvalue weighted by molar-refractivity contribution is -0.122. The molecule has 0 aliphatic carbocycles. The first-order chi connectivity index (χ1) is 11.0. The standard InChI is InChI=1S/C18H23BrN2O2/c1-4-17(14-6-8-15(19)9-7-14)20-18(22)12-21(3)11-16-10-5-13(2)23-16/h5-10,17H,4,11-12H2,1-3H3,(H,20,22)/t17-/m1/s1. The van der Waals surface area contributed by atoms with Crippen LogP contribution in [0.15, 0.2) is 45.3 Å². The predicted molar refractivity (Wildman–Crippen MR) is 95.1 cm³/mol. The molecule has 0 radical (unpaired) electrons. The molecule has 0 saturated carbocycles. The molecule has 2 rings (SSSR count). The Hall–Kier alpha value is -1.59. The monoisotopic (exact) mass is 378 g/mol. The Labute approximate surface area is 146 Å². The number of hydrogen-bond acceptors (Lipinski definition) is 3. The molecule has 124 valence electrons. The van der Waals surface area contributed by atoms with E-state index in [2.05, 4.69) is 28.2 Å². The summed E-state index contributed by atoms with van der Waals surface area (Å²) in [6.45, 7) is 4.95. The molecular formula is C18H23BrN2O2. The molecule has 23 heavy (non-hydrogen) atoms. The van der Waals surface area contributed by atoms with Gasteiger partial charge < -0.3 is 9.73 Å². The molecule has 1 aromatic carbocycles. The Morgan fingerprint density at radius 2 is 1.96 bits per heavy atom. The summed E-state index contributed by atoms with van der Waals surface area (Å²) in [7, 11) is 1.91. The highest BCUT2D eigenvalue weighted by Crippen LogP contribution is 2.19. The summed E-state index contributed by atoms with van der Waals surface area (Å²) in [5.41, 5.74) is 1.12. The van der Waals surface area contributed by atoms with Crippen molar-refractivity contribution in [2.24, 2.45) is 0 Å². The van der Waals surface area contributed by atoms with Crippen molar-refractivity contribution in [1.29, 1.82) is 0 Å². The molecule has 2 aromatic rings. The van der Waals surface area contributed by atoms with Gasteiger partial charge in [-0.25, -0.2) is 0 Å². The van der Waals surface area contributed by atoms with Crippen LogP contribution in [0.5, 0.6) is 0 Å². The summed E-state index contributed by atoms with van der Waals surface area (Å²) in [6, 6.07) is 12.0. The second kappa shape index (κ2) is 8.31. The molecule has 0 bridgehead atoms. The minimum Gasteiger partial charge on any atom is -0.465 e. The van der Waals surface area contributed by atoms with Crippen molar-refractivity contribution in [2.45, 2.75) is 32.9 Å². The van der Waals surface area contributed by atoms with E-state index in [1.165, 1.54) is 0 Å². The third-order valence-corrected chi connectivity index (χ3v) is 4.18. The molecule has 0 unspecified atom stereocenters. The molecule has 1 aromatic heterocycles. The van der Waals surface area contributed by atoms with Gasteiger partial charge in [0, 0.05) is 4.47 Å². The van der Waals surface area contributed by atoms with E-state index in [1.54, 1.807) is 0 Å². The van der Waals surface area contributed by atoms with Crippen molar-refractivity contribution in [3.63, 3.8) is 0 Å². The molecule has 1 amide bonds. The minimum absolute atomic E-state index is 0.0190. The molecular weight excluding hydrogens is 356 g/mol. The smallest absolute Gasteiger partial charge is 0.234 e. The second-order valence-corrected chi connectivity index (χ2v) is 6.68. The van der Waals surface area contributed by atoms with E-state index in [9.17, 15) is 4.79 Å². The molecule has 0 saturated heterocycles. The van der Waals surface area contributed by atoms with E-state index >= 15 is 0 Å². The summed E-state index contributed by atoms with van der Waals surface area (Å²) >= 11 is 3.43. The highest BCUT2D eigenvalue weighted by molar-refractivity contribution is 9.10. The van der Waals surface area contributed by atoms with Gasteiger partial charge in [-0.15, -0.1) is 0 Å². The largest absolute Gasteiger partial charge is 0.465 e. The number of carbonyl (C=O) groups is 1. The number of nitrogens with one attached hydrogen (secondary N) is 1. The predicted octanol–water partition coefficient (Wildman–Crippen LogP) is 4.05. The van der Waals surface area contributed by atoms with Crippen LogP contribution in [0.2, 0.25) is 0 Å². The van der Waals surface area contributed by atoms with Crippen LogP contribution in [0.4, 0.5) is 0 Å². The second-order valence-electron chi connectivity index (χ2n) is 5.76. The normalized spacial score (nSPS) is 12.4. The van der Waals surface area contributed by atoms with Crippen LogP contribution in [-0.4, -0.2) is 24.4 Å². The zero-order valence-corrected chi connectivity index (χ0v) is 15.4. The van der Waals surface area contributed by atoms with E-state index in [0.717, 1.165) is 28.0 Å². The van der Waals surface area contributed by atoms with Gasteiger partial charge in [-0.3, -0.25) is 9.69 Å². The number of furan rings is 1. The van der Waals surface area contributed by atoms with Gasteiger partial charge in [0.2, 0.25) is 5.91 Å². The maximum atomic E-state index is 12.3. The summed E-state index contributed by atoms with van der Waals surface area (Å²) in [5, 5.41) is 3.10. The topological polar surface area (TPSA) is 45.5 Å². The number of amides is 1. The van der Waals surface area contributed by atoms with Crippen molar-refractivity contribution >= 4 is 21.8 Å². The van der Waals surface area contributed by atoms with Gasteiger partial charge in [0.15, 0.2) is 0 Å². The van der Waals surface area contributed by atoms with Crippen molar-refractivity contribution in [3.8, 4) is 0 Å². The molecule has 1 N–H and O–H groups in total. The first-order valence-corrected chi connectivity index (χ1v) is 8.56. The van der Waals surface area contributed by atoms with Gasteiger partial charge in [-0.2, -0.15) is 0 Å². The molecule has 0 fully saturated rings.